The highest BCUT2D eigenvalue weighted by Gasteiger charge is 2.08. The maximum absolute atomic E-state index is 9.42. The molecule has 0 fully saturated rings. The number of phenolic OH excluding ortho intramolecular Hbond substituents is 1. The van der Waals surface area contributed by atoms with E-state index in [2.05, 4.69) is 4.98 Å². The van der Waals surface area contributed by atoms with E-state index in [4.69, 9.17) is 10.2 Å². The van der Waals surface area contributed by atoms with E-state index < -0.39 is 0 Å². The molecule has 0 bridgehead atoms. The molecule has 3 rings (SSSR count). The van der Waals surface area contributed by atoms with Gasteiger partial charge in [-0.25, -0.2) is 0 Å². The van der Waals surface area contributed by atoms with Crippen molar-refractivity contribution in [1.29, 1.82) is 0 Å². The number of pyridine rings is 1. The number of nitrogens with zero attached hydrogens (tertiary/aromatic N) is 1. The second kappa shape index (κ2) is 4.16. The van der Waals surface area contributed by atoms with Crippen LogP contribution in [0.2, 0.25) is 0 Å². The molecular formula is C14H12N2O2. The van der Waals surface area contributed by atoms with E-state index in [0.717, 1.165) is 22.2 Å². The fourth-order valence-electron chi connectivity index (χ4n) is 1.89. The quantitative estimate of drug-likeness (QED) is 0.722. The van der Waals surface area contributed by atoms with E-state index >= 15 is 0 Å². The predicted molar refractivity (Wildman–Crippen MR) is 69.0 cm³/mol. The highest BCUT2D eigenvalue weighted by Crippen LogP contribution is 2.29. The number of aromatic nitrogens is 1. The van der Waals surface area contributed by atoms with Crippen LogP contribution in [0.4, 0.5) is 0 Å². The van der Waals surface area contributed by atoms with Crippen LogP contribution in [0.1, 0.15) is 5.56 Å². The summed E-state index contributed by atoms with van der Waals surface area (Å²) in [6, 6.07) is 10.6. The Morgan fingerprint density at radius 3 is 2.89 bits per heavy atom. The molecule has 0 aliphatic rings. The Morgan fingerprint density at radius 1 is 1.17 bits per heavy atom. The fourth-order valence-corrected chi connectivity index (χ4v) is 1.89. The summed E-state index contributed by atoms with van der Waals surface area (Å²) >= 11 is 0. The minimum absolute atomic E-state index is 0.221. The lowest BCUT2D eigenvalue weighted by Gasteiger charge is -1.98. The average molecular weight is 240 g/mol. The van der Waals surface area contributed by atoms with Crippen LogP contribution in [-0.4, -0.2) is 10.1 Å². The molecule has 4 heteroatoms. The Bertz CT molecular complexity index is 704. The van der Waals surface area contributed by atoms with E-state index in [1.54, 1.807) is 24.4 Å². The Hall–Kier alpha value is -2.33. The molecule has 0 radical (unpaired) electrons. The molecule has 0 amide bonds. The highest BCUT2D eigenvalue weighted by molar-refractivity contribution is 5.83. The van der Waals surface area contributed by atoms with Crippen LogP contribution in [-0.2, 0) is 6.54 Å². The number of phenols is 1. The van der Waals surface area contributed by atoms with Gasteiger partial charge in [0.2, 0.25) is 0 Å². The van der Waals surface area contributed by atoms with Gasteiger partial charge >= 0.3 is 0 Å². The van der Waals surface area contributed by atoms with Gasteiger partial charge in [0.1, 0.15) is 17.0 Å². The fraction of sp³-hybridized carbons (Fsp3) is 0.0714. The number of nitrogens with two attached hydrogens (primary N) is 1. The average Bonchev–Trinajstić information content (AvgIpc) is 2.81. The van der Waals surface area contributed by atoms with Crippen molar-refractivity contribution in [1.82, 2.24) is 4.98 Å². The molecule has 3 aromatic rings. The van der Waals surface area contributed by atoms with Crippen LogP contribution in [0, 0.1) is 0 Å². The van der Waals surface area contributed by atoms with E-state index in [9.17, 15) is 5.11 Å². The molecule has 0 atom stereocenters. The molecule has 2 heterocycles. The molecule has 4 nitrogen and oxygen atoms in total. The van der Waals surface area contributed by atoms with Crippen LogP contribution < -0.4 is 5.73 Å². The first-order valence-corrected chi connectivity index (χ1v) is 5.64. The minimum atomic E-state index is 0.221. The van der Waals surface area contributed by atoms with Crippen molar-refractivity contribution in [2.24, 2.45) is 5.73 Å². The lowest BCUT2D eigenvalue weighted by molar-refractivity contribution is 0.476. The van der Waals surface area contributed by atoms with E-state index in [-0.39, 0.29) is 5.75 Å². The van der Waals surface area contributed by atoms with Crippen LogP contribution in [0.5, 0.6) is 5.75 Å². The van der Waals surface area contributed by atoms with E-state index in [0.29, 0.717) is 12.3 Å². The number of furan rings is 1. The molecule has 0 unspecified atom stereocenters. The lowest BCUT2D eigenvalue weighted by Crippen LogP contribution is -1.96. The van der Waals surface area contributed by atoms with Crippen molar-refractivity contribution in [2.75, 3.05) is 0 Å². The summed E-state index contributed by atoms with van der Waals surface area (Å²) in [5.41, 5.74) is 8.07. The van der Waals surface area contributed by atoms with E-state index in [1.807, 2.05) is 18.2 Å². The van der Waals surface area contributed by atoms with Gasteiger partial charge in [-0.15, -0.1) is 0 Å². The summed E-state index contributed by atoms with van der Waals surface area (Å²) in [4.78, 5) is 4.26. The molecule has 0 saturated heterocycles. The maximum Gasteiger partial charge on any atom is 0.153 e. The Morgan fingerprint density at radius 2 is 2.06 bits per heavy atom. The molecule has 1 aromatic carbocycles. The topological polar surface area (TPSA) is 72.3 Å². The summed E-state index contributed by atoms with van der Waals surface area (Å²) in [6.45, 7) is 0.469. The third-order valence-electron chi connectivity index (χ3n) is 2.81. The summed E-state index contributed by atoms with van der Waals surface area (Å²) in [6.07, 6.45) is 1.71. The van der Waals surface area contributed by atoms with Crippen LogP contribution in [0.25, 0.3) is 22.4 Å². The molecule has 18 heavy (non-hydrogen) atoms. The molecular weight excluding hydrogens is 228 g/mol. The van der Waals surface area contributed by atoms with Gasteiger partial charge in [-0.3, -0.25) is 4.98 Å². The molecule has 0 aliphatic carbocycles. The Labute approximate surface area is 104 Å². The van der Waals surface area contributed by atoms with Crippen molar-refractivity contribution in [2.45, 2.75) is 6.54 Å². The first-order chi connectivity index (χ1) is 8.76. The van der Waals surface area contributed by atoms with Gasteiger partial charge in [-0.05, 0) is 42.0 Å². The van der Waals surface area contributed by atoms with Crippen molar-refractivity contribution in [3.63, 3.8) is 0 Å². The SMILES string of the molecule is NCc1ccnc(-c2cc3cc(O)ccc3o2)c1. The van der Waals surface area contributed by atoms with Gasteiger partial charge in [-0.1, -0.05) is 0 Å². The van der Waals surface area contributed by atoms with Gasteiger partial charge in [0.15, 0.2) is 5.76 Å². The number of rotatable bonds is 2. The Balaban J connectivity index is 2.13. The summed E-state index contributed by atoms with van der Waals surface area (Å²) in [5, 5.41) is 10.3. The molecule has 90 valence electrons. The van der Waals surface area contributed by atoms with Crippen LogP contribution in [0.15, 0.2) is 47.0 Å². The molecule has 2 aromatic heterocycles. The smallest absolute Gasteiger partial charge is 0.153 e. The molecule has 0 saturated carbocycles. The molecule has 0 spiro atoms. The Kier molecular flexibility index (Phi) is 2.50. The zero-order valence-electron chi connectivity index (χ0n) is 9.63. The predicted octanol–water partition coefficient (Wildman–Crippen LogP) is 2.66. The zero-order chi connectivity index (χ0) is 12.5. The zero-order valence-corrected chi connectivity index (χ0v) is 9.63. The third-order valence-corrected chi connectivity index (χ3v) is 2.81. The largest absolute Gasteiger partial charge is 0.508 e. The molecule has 3 N–H and O–H groups in total. The second-order valence-corrected chi connectivity index (χ2v) is 4.09. The number of aromatic hydroxyl groups is 1. The monoisotopic (exact) mass is 240 g/mol. The highest BCUT2D eigenvalue weighted by atomic mass is 16.3. The number of fused-ring (bicyclic) bond motifs is 1. The number of hydrogen-bond donors (Lipinski definition) is 2. The van der Waals surface area contributed by atoms with Gasteiger partial charge < -0.3 is 15.3 Å². The van der Waals surface area contributed by atoms with Gasteiger partial charge in [0.25, 0.3) is 0 Å². The lowest BCUT2D eigenvalue weighted by atomic mass is 10.2. The van der Waals surface area contributed by atoms with Crippen molar-refractivity contribution in [3.05, 3.63) is 48.2 Å². The first kappa shape index (κ1) is 10.8. The van der Waals surface area contributed by atoms with Crippen LogP contribution in [0.3, 0.4) is 0 Å². The molecule has 0 aliphatic heterocycles. The number of hydrogen-bond acceptors (Lipinski definition) is 4. The van der Waals surface area contributed by atoms with Gasteiger partial charge in [-0.2, -0.15) is 0 Å². The van der Waals surface area contributed by atoms with Gasteiger partial charge in [0.05, 0.1) is 0 Å². The first-order valence-electron chi connectivity index (χ1n) is 5.64. The van der Waals surface area contributed by atoms with Crippen LogP contribution >= 0.6 is 0 Å². The summed E-state index contributed by atoms with van der Waals surface area (Å²) in [7, 11) is 0. The number of benzene rings is 1. The maximum atomic E-state index is 9.42. The van der Waals surface area contributed by atoms with Crippen molar-refractivity contribution in [3.8, 4) is 17.2 Å². The standard InChI is InChI=1S/C14H12N2O2/c15-8-9-3-4-16-12(5-9)14-7-10-6-11(17)1-2-13(10)18-14/h1-7,17H,8,15H2. The summed E-state index contributed by atoms with van der Waals surface area (Å²) < 4.78 is 5.69. The summed E-state index contributed by atoms with van der Waals surface area (Å²) in [5.74, 6) is 0.893. The second-order valence-electron chi connectivity index (χ2n) is 4.09. The van der Waals surface area contributed by atoms with Gasteiger partial charge in [0, 0.05) is 18.1 Å². The third kappa shape index (κ3) is 1.83. The normalized spacial score (nSPS) is 10.9. The van der Waals surface area contributed by atoms with Crippen molar-refractivity contribution >= 4 is 11.0 Å². The van der Waals surface area contributed by atoms with Crippen molar-refractivity contribution < 1.29 is 9.52 Å². The minimum Gasteiger partial charge on any atom is -0.508 e. The van der Waals surface area contributed by atoms with E-state index in [1.165, 1.54) is 0 Å².